The lowest BCUT2D eigenvalue weighted by molar-refractivity contribution is -0.210. The molecule has 88 heavy (non-hydrogen) atoms. The van der Waals surface area contributed by atoms with Crippen LogP contribution in [-0.2, 0) is 48.7 Å². The molecule has 6 aromatic rings. The summed E-state index contributed by atoms with van der Waals surface area (Å²) in [4.78, 5) is 46.6. The van der Waals surface area contributed by atoms with E-state index in [4.69, 9.17) is 23.4 Å². The van der Waals surface area contributed by atoms with Crippen LogP contribution < -0.4 is 10.4 Å². The highest BCUT2D eigenvalue weighted by molar-refractivity contribution is 5.91. The van der Waals surface area contributed by atoms with E-state index in [9.17, 15) is 20.1 Å². The van der Waals surface area contributed by atoms with Gasteiger partial charge in [-0.25, -0.2) is 9.59 Å². The first-order chi connectivity index (χ1) is 43.0. The highest BCUT2D eigenvalue weighted by Crippen LogP contribution is 2.69. The number of esters is 2. The quantitative estimate of drug-likeness (QED) is 0.0547. The van der Waals surface area contributed by atoms with E-state index in [1.54, 1.807) is 13.0 Å². The molecule has 1 aromatic heterocycles. The van der Waals surface area contributed by atoms with E-state index in [0.717, 1.165) is 43.2 Å². The summed E-state index contributed by atoms with van der Waals surface area (Å²) in [6.07, 6.45) is 24.8. The summed E-state index contributed by atoms with van der Waals surface area (Å²) >= 11 is 0. The maximum atomic E-state index is 16.1. The van der Waals surface area contributed by atoms with Crippen LogP contribution in [0.1, 0.15) is 174 Å². The zero-order valence-corrected chi connectivity index (χ0v) is 50.3. The van der Waals surface area contributed by atoms with Crippen LogP contribution in [0.5, 0.6) is 5.75 Å². The van der Waals surface area contributed by atoms with Gasteiger partial charge in [0, 0.05) is 77.6 Å². The SMILES string of the molecule is COC[C@@H](CCO)c1c(CO)c2ccc3c(c2oc1=O)[C@H]1OC(=O)C[C@H]2C[C@@H](c4cccc([C@]56CCCC[C@@H]5C=Cc5ccccc56)c4)C=C[C@H]2c2ccc4c(c2)CC[C@]25C=CC[C@@](O3)([C@H]1OC(=O)/C(=C(/C)CO)CC4)[C@H]2C[C@@H]1c2ccccc2C=C[C@@H]15. The van der Waals surface area contributed by atoms with Crippen LogP contribution in [0.4, 0.5) is 0 Å². The summed E-state index contributed by atoms with van der Waals surface area (Å²) in [5, 5.41) is 32.9. The van der Waals surface area contributed by atoms with E-state index < -0.39 is 53.3 Å². The molecule has 3 N–H and O–H groups in total. The van der Waals surface area contributed by atoms with Crippen molar-refractivity contribution in [2.75, 3.05) is 26.9 Å². The zero-order valence-electron chi connectivity index (χ0n) is 50.3. The third-order valence-electron chi connectivity index (χ3n) is 22.9. The summed E-state index contributed by atoms with van der Waals surface area (Å²) in [5.41, 5.74) is 9.92. The lowest BCUT2D eigenvalue weighted by Gasteiger charge is -2.56. The van der Waals surface area contributed by atoms with Gasteiger partial charge in [0.25, 0.3) is 0 Å². The zero-order chi connectivity index (χ0) is 60.1. The summed E-state index contributed by atoms with van der Waals surface area (Å²) in [7, 11) is 1.52. The van der Waals surface area contributed by atoms with Gasteiger partial charge in [-0.1, -0.05) is 152 Å². The van der Waals surface area contributed by atoms with Crippen molar-refractivity contribution in [3.63, 3.8) is 0 Å². The molecule has 9 aliphatic rings. The van der Waals surface area contributed by atoms with Crippen LogP contribution in [0.15, 0.2) is 160 Å². The van der Waals surface area contributed by atoms with E-state index in [-0.39, 0.29) is 96.7 Å². The monoisotopic (exact) mass is 1180 g/mol. The highest BCUT2D eigenvalue weighted by atomic mass is 16.6. The van der Waals surface area contributed by atoms with Crippen molar-refractivity contribution in [3.8, 4) is 5.75 Å². The number of ether oxygens (including phenoxy) is 4. The van der Waals surface area contributed by atoms with Crippen molar-refractivity contribution in [2.45, 2.75) is 144 Å². The van der Waals surface area contributed by atoms with Crippen LogP contribution in [0.25, 0.3) is 23.1 Å². The Kier molecular flexibility index (Phi) is 14.6. The molecule has 6 aliphatic carbocycles. The Morgan fingerprint density at radius 1 is 0.795 bits per heavy atom. The van der Waals surface area contributed by atoms with E-state index in [1.807, 2.05) is 6.07 Å². The Hall–Kier alpha value is -7.41. The lowest BCUT2D eigenvalue weighted by Crippen LogP contribution is -2.64. The average Bonchev–Trinajstić information content (AvgIpc) is 1.44. The second kappa shape index (κ2) is 22.6. The number of carbonyl (C=O) groups is 2. The molecular weight excluding hydrogens is 1100 g/mol. The number of rotatable bonds is 9. The lowest BCUT2D eigenvalue weighted by atomic mass is 9.56. The van der Waals surface area contributed by atoms with E-state index in [0.29, 0.717) is 59.4 Å². The molecule has 5 aromatic carbocycles. The fourth-order valence-corrected chi connectivity index (χ4v) is 18.9. The van der Waals surface area contributed by atoms with Crippen LogP contribution in [0, 0.1) is 29.1 Å². The summed E-state index contributed by atoms with van der Waals surface area (Å²) < 4.78 is 34.4. The molecule has 452 valence electrons. The molecule has 3 aliphatic heterocycles. The molecule has 0 saturated heterocycles. The van der Waals surface area contributed by atoms with Gasteiger partial charge in [-0.05, 0) is 162 Å². The number of hydrogen-bond donors (Lipinski definition) is 3. The number of benzene rings is 5. The number of hydrogen-bond acceptors (Lipinski definition) is 11. The van der Waals surface area contributed by atoms with Crippen LogP contribution >= 0.6 is 0 Å². The summed E-state index contributed by atoms with van der Waals surface area (Å²) in [5.74, 6) is -1.68. The number of aryl methyl sites for hydroxylation is 2. The van der Waals surface area contributed by atoms with E-state index in [2.05, 4.69) is 140 Å². The average molecular weight is 1180 g/mol. The predicted molar refractivity (Wildman–Crippen MR) is 338 cm³/mol. The Labute approximate surface area is 514 Å². The summed E-state index contributed by atoms with van der Waals surface area (Å²) in [6.45, 7) is 0.689. The second-order valence-corrected chi connectivity index (χ2v) is 26.9. The molecule has 0 unspecified atom stereocenters. The molecule has 13 atom stereocenters. The van der Waals surface area contributed by atoms with Gasteiger partial charge < -0.3 is 38.7 Å². The molecule has 2 saturated carbocycles. The minimum Gasteiger partial charge on any atom is -0.482 e. The number of fused-ring (bicyclic) bond motifs is 14. The van der Waals surface area contributed by atoms with Crippen molar-refractivity contribution in [2.24, 2.45) is 29.1 Å². The van der Waals surface area contributed by atoms with Crippen LogP contribution in [0.2, 0.25) is 0 Å². The van der Waals surface area contributed by atoms with Gasteiger partial charge in [-0.15, -0.1) is 0 Å². The molecular formula is C77H78O11. The van der Waals surface area contributed by atoms with Gasteiger partial charge in [0.1, 0.15) is 11.3 Å². The molecule has 6 bridgehead atoms. The Morgan fingerprint density at radius 2 is 1.65 bits per heavy atom. The number of carbonyl (C=O) groups excluding carboxylic acids is 2. The van der Waals surface area contributed by atoms with E-state index >= 15 is 9.59 Å². The van der Waals surface area contributed by atoms with Gasteiger partial charge >= 0.3 is 17.6 Å². The standard InChI is InChI=1S/C77H78O11/c1-45(42-79)57-25-21-46-18-19-52-37-51(46)30-35-75-32-10-34-77(66(75)41-61-59-16-5-3-11-47(59)23-28-64(61)75)72(87-73(57)82)71(69-65(88-77)29-27-60-62(43-80)68(74(83)86-70(60)69)53(31-36-78)44-84-2)85-67(81)40-54-38-50(22-26-58(52)54)49-13-9-15-56(39-49)76-33-8-7-14-55(76)24-20-48-12-4-6-17-63(48)76/h3-6,9-13,15-20,22-24,26-29,32,37,39,50,53-55,58,61,64,66,71-72,78-80H,7-8,14,21,25,30-31,33-36,38,40-44H2,1-2H3/b57-45-/t50-,53+,54+,55+,58-,61+,64-,66-,71+,72-,75-,76-,77-/m0/s1. The first-order valence-electron chi connectivity index (χ1n) is 32.4. The third kappa shape index (κ3) is 8.98. The molecule has 11 nitrogen and oxygen atoms in total. The maximum absolute atomic E-state index is 16.1. The van der Waals surface area contributed by atoms with Gasteiger partial charge in [0.05, 0.1) is 25.4 Å². The topological polar surface area (TPSA) is 162 Å². The Balaban J connectivity index is 0.934. The third-order valence-corrected chi connectivity index (χ3v) is 22.9. The van der Waals surface area contributed by atoms with Crippen molar-refractivity contribution in [1.82, 2.24) is 0 Å². The molecule has 4 heterocycles. The Morgan fingerprint density at radius 3 is 2.50 bits per heavy atom. The van der Waals surface area contributed by atoms with Crippen LogP contribution in [-0.4, -0.2) is 65.9 Å². The van der Waals surface area contributed by atoms with Gasteiger partial charge in [0.15, 0.2) is 17.8 Å². The smallest absolute Gasteiger partial charge is 0.340 e. The van der Waals surface area contributed by atoms with Gasteiger partial charge in [0.2, 0.25) is 0 Å². The summed E-state index contributed by atoms with van der Waals surface area (Å²) in [6, 6.07) is 37.3. The Bertz CT molecular complexity index is 4000. The molecule has 0 radical (unpaired) electrons. The predicted octanol–water partition coefficient (Wildman–Crippen LogP) is 13.7. The number of allylic oxidation sites excluding steroid dienone is 5. The van der Waals surface area contributed by atoms with Crippen LogP contribution in [0.3, 0.4) is 0 Å². The van der Waals surface area contributed by atoms with E-state index in [1.165, 1.54) is 52.5 Å². The fourth-order valence-electron chi connectivity index (χ4n) is 18.9. The largest absolute Gasteiger partial charge is 0.482 e. The minimum atomic E-state index is -1.38. The van der Waals surface area contributed by atoms with Crippen molar-refractivity contribution < 1.29 is 48.3 Å². The molecule has 0 amide bonds. The first-order valence-corrected chi connectivity index (χ1v) is 32.4. The van der Waals surface area contributed by atoms with Gasteiger partial charge in [-0.2, -0.15) is 0 Å². The second-order valence-electron chi connectivity index (χ2n) is 26.9. The molecule has 15 rings (SSSR count). The minimum absolute atomic E-state index is 0.0151. The number of aliphatic hydroxyl groups excluding tert-OH is 3. The molecule has 1 spiro atoms. The molecule has 11 heteroatoms. The fraction of sp³-hybridized carbons (Fsp3) is 0.416. The van der Waals surface area contributed by atoms with Crippen molar-refractivity contribution >= 4 is 35.1 Å². The first kappa shape index (κ1) is 57.1. The number of aliphatic hydroxyl groups is 3. The van der Waals surface area contributed by atoms with Crippen molar-refractivity contribution in [3.05, 3.63) is 228 Å². The number of methoxy groups -OCH3 is 1. The highest BCUT2D eigenvalue weighted by Gasteiger charge is 2.69. The van der Waals surface area contributed by atoms with Crippen molar-refractivity contribution in [1.29, 1.82) is 0 Å². The normalized spacial score (nSPS) is 31.5. The van der Waals surface area contributed by atoms with Gasteiger partial charge in [-0.3, -0.25) is 4.79 Å². The molecule has 2 fully saturated rings. The maximum Gasteiger partial charge on any atom is 0.340 e.